The van der Waals surface area contributed by atoms with Crippen LogP contribution in [0.5, 0.6) is 0 Å². The van der Waals surface area contributed by atoms with Crippen molar-refractivity contribution in [2.75, 3.05) is 24.2 Å². The molecule has 0 saturated heterocycles. The van der Waals surface area contributed by atoms with Crippen LogP contribution in [0.3, 0.4) is 0 Å². The Balaban J connectivity index is 2.41. The summed E-state index contributed by atoms with van der Waals surface area (Å²) in [6.07, 6.45) is 0. The number of thioether (sulfide) groups is 1. The van der Waals surface area contributed by atoms with Gasteiger partial charge in [-0.25, -0.2) is 0 Å². The maximum atomic E-state index is 12.4. The molecule has 0 unspecified atom stereocenters. The summed E-state index contributed by atoms with van der Waals surface area (Å²) in [6.45, 7) is 1.64. The standard InChI is InChI=1S/C13H16N2O2S/c1-9(16)7-15-11-5-3-4-6-12(11)18-8-10(14-2)13(15)17/h3-6,10,14H,7-8H2,1-2H3/t10-/m0/s1. The largest absolute Gasteiger partial charge is 0.308 e. The van der Waals surface area contributed by atoms with E-state index in [0.29, 0.717) is 5.75 Å². The van der Waals surface area contributed by atoms with Gasteiger partial charge in [0.2, 0.25) is 5.91 Å². The lowest BCUT2D eigenvalue weighted by molar-refractivity contribution is -0.122. The van der Waals surface area contributed by atoms with E-state index >= 15 is 0 Å². The smallest absolute Gasteiger partial charge is 0.245 e. The Bertz CT molecular complexity index is 476. The van der Waals surface area contributed by atoms with Gasteiger partial charge in [0.05, 0.1) is 18.3 Å². The fraction of sp³-hybridized carbons (Fsp3) is 0.385. The summed E-state index contributed by atoms with van der Waals surface area (Å²) in [4.78, 5) is 26.4. The number of amides is 1. The van der Waals surface area contributed by atoms with Crippen LogP contribution in [-0.2, 0) is 9.59 Å². The molecule has 96 valence electrons. The Morgan fingerprint density at radius 3 is 2.89 bits per heavy atom. The molecule has 2 rings (SSSR count). The summed E-state index contributed by atoms with van der Waals surface area (Å²) < 4.78 is 0. The normalized spacial score (nSPS) is 19.3. The Morgan fingerprint density at radius 1 is 1.50 bits per heavy atom. The first kappa shape index (κ1) is 13.1. The summed E-state index contributed by atoms with van der Waals surface area (Å²) in [7, 11) is 1.77. The van der Waals surface area contributed by atoms with Crippen LogP contribution in [0.4, 0.5) is 5.69 Å². The maximum Gasteiger partial charge on any atom is 0.245 e. The molecule has 1 aromatic rings. The van der Waals surface area contributed by atoms with Crippen molar-refractivity contribution in [2.45, 2.75) is 17.9 Å². The second-order valence-corrected chi connectivity index (χ2v) is 5.31. The molecule has 1 amide bonds. The minimum atomic E-state index is -0.248. The van der Waals surface area contributed by atoms with Crippen LogP contribution in [-0.4, -0.2) is 37.1 Å². The molecule has 1 aromatic carbocycles. The summed E-state index contributed by atoms with van der Waals surface area (Å²) in [5.41, 5.74) is 0.834. The van der Waals surface area contributed by atoms with Gasteiger partial charge in [0.15, 0.2) is 0 Å². The van der Waals surface area contributed by atoms with Gasteiger partial charge in [-0.2, -0.15) is 0 Å². The van der Waals surface area contributed by atoms with Gasteiger partial charge >= 0.3 is 0 Å². The number of hydrogen-bond donors (Lipinski definition) is 1. The van der Waals surface area contributed by atoms with Crippen molar-refractivity contribution >= 4 is 29.1 Å². The minimum absolute atomic E-state index is 0.0140. The molecule has 1 aliphatic heterocycles. The van der Waals surface area contributed by atoms with Gasteiger partial charge in [-0.1, -0.05) is 12.1 Å². The van der Waals surface area contributed by atoms with E-state index < -0.39 is 0 Å². The molecule has 0 radical (unpaired) electrons. The number of Topliss-reactive ketones (excluding diaryl/α,β-unsaturated/α-hetero) is 1. The Labute approximate surface area is 111 Å². The number of likely N-dealkylation sites (N-methyl/N-ethyl adjacent to an activating group) is 1. The van der Waals surface area contributed by atoms with E-state index in [1.54, 1.807) is 23.7 Å². The van der Waals surface area contributed by atoms with Crippen LogP contribution in [0.15, 0.2) is 29.2 Å². The molecule has 1 atom stereocenters. The third-order valence-corrected chi connectivity index (χ3v) is 4.01. The van der Waals surface area contributed by atoms with Gasteiger partial charge in [0, 0.05) is 10.6 Å². The molecule has 0 bridgehead atoms. The minimum Gasteiger partial charge on any atom is -0.308 e. The molecule has 0 saturated carbocycles. The van der Waals surface area contributed by atoms with E-state index in [1.807, 2.05) is 24.3 Å². The molecule has 1 N–H and O–H groups in total. The van der Waals surface area contributed by atoms with Crippen LogP contribution in [0.25, 0.3) is 0 Å². The van der Waals surface area contributed by atoms with Crippen LogP contribution in [0.1, 0.15) is 6.92 Å². The monoisotopic (exact) mass is 264 g/mol. The number of fused-ring (bicyclic) bond motifs is 1. The van der Waals surface area contributed by atoms with Crippen molar-refractivity contribution in [3.8, 4) is 0 Å². The first-order valence-electron chi connectivity index (χ1n) is 5.83. The van der Waals surface area contributed by atoms with Gasteiger partial charge in [0.1, 0.15) is 5.78 Å². The highest BCUT2D eigenvalue weighted by Gasteiger charge is 2.30. The van der Waals surface area contributed by atoms with Gasteiger partial charge in [-0.05, 0) is 26.1 Å². The predicted octanol–water partition coefficient (Wildman–Crippen LogP) is 1.30. The molecule has 0 aliphatic carbocycles. The van der Waals surface area contributed by atoms with Crippen LogP contribution in [0.2, 0.25) is 0 Å². The van der Waals surface area contributed by atoms with Crippen LogP contribution < -0.4 is 10.2 Å². The zero-order valence-corrected chi connectivity index (χ0v) is 11.3. The molecule has 0 spiro atoms. The number of nitrogens with zero attached hydrogens (tertiary/aromatic N) is 1. The number of rotatable bonds is 3. The second-order valence-electron chi connectivity index (χ2n) is 4.25. The van der Waals surface area contributed by atoms with Crippen molar-refractivity contribution in [1.29, 1.82) is 0 Å². The third-order valence-electron chi connectivity index (χ3n) is 2.85. The molecule has 1 aliphatic rings. The molecule has 0 fully saturated rings. The van der Waals surface area contributed by atoms with Gasteiger partial charge in [-0.3, -0.25) is 9.59 Å². The van der Waals surface area contributed by atoms with Crippen LogP contribution >= 0.6 is 11.8 Å². The summed E-state index contributed by atoms with van der Waals surface area (Å²) in [6, 6.07) is 7.46. The van der Waals surface area contributed by atoms with Crippen molar-refractivity contribution in [1.82, 2.24) is 5.32 Å². The lowest BCUT2D eigenvalue weighted by atomic mass is 10.2. The highest BCUT2D eigenvalue weighted by Crippen LogP contribution is 2.33. The SMILES string of the molecule is CN[C@H]1CSc2ccccc2N(CC(C)=O)C1=O. The van der Waals surface area contributed by atoms with Crippen molar-refractivity contribution in [3.63, 3.8) is 0 Å². The number of nitrogens with one attached hydrogen (secondary N) is 1. The second kappa shape index (κ2) is 5.54. The third kappa shape index (κ3) is 2.57. The summed E-state index contributed by atoms with van der Waals surface area (Å²) in [5.74, 6) is 0.630. The number of benzene rings is 1. The lowest BCUT2D eigenvalue weighted by Gasteiger charge is -2.24. The highest BCUT2D eigenvalue weighted by molar-refractivity contribution is 7.99. The topological polar surface area (TPSA) is 49.4 Å². The number of carbonyl (C=O) groups is 2. The van der Waals surface area contributed by atoms with Crippen molar-refractivity contribution in [3.05, 3.63) is 24.3 Å². The number of carbonyl (C=O) groups excluding carboxylic acids is 2. The van der Waals surface area contributed by atoms with E-state index in [4.69, 9.17) is 0 Å². The van der Waals surface area contributed by atoms with Crippen LogP contribution in [0, 0.1) is 0 Å². The molecule has 5 heteroatoms. The summed E-state index contributed by atoms with van der Waals surface area (Å²) >= 11 is 1.64. The average molecular weight is 264 g/mol. The molecular formula is C13H16N2O2S. The lowest BCUT2D eigenvalue weighted by Crippen LogP contribution is -2.47. The fourth-order valence-corrected chi connectivity index (χ4v) is 3.10. The molecular weight excluding hydrogens is 248 g/mol. The average Bonchev–Trinajstić information content (AvgIpc) is 2.48. The van der Waals surface area contributed by atoms with E-state index in [-0.39, 0.29) is 24.3 Å². The van der Waals surface area contributed by atoms with Crippen molar-refractivity contribution in [2.24, 2.45) is 0 Å². The maximum absolute atomic E-state index is 12.4. The zero-order chi connectivity index (χ0) is 13.1. The van der Waals surface area contributed by atoms with E-state index in [9.17, 15) is 9.59 Å². The number of hydrogen-bond acceptors (Lipinski definition) is 4. The Kier molecular flexibility index (Phi) is 4.04. The van der Waals surface area contributed by atoms with E-state index in [2.05, 4.69) is 5.32 Å². The highest BCUT2D eigenvalue weighted by atomic mass is 32.2. The van der Waals surface area contributed by atoms with E-state index in [1.165, 1.54) is 6.92 Å². The van der Waals surface area contributed by atoms with Gasteiger partial charge < -0.3 is 10.2 Å². The van der Waals surface area contributed by atoms with E-state index in [0.717, 1.165) is 10.6 Å². The number of para-hydroxylation sites is 1. The first-order valence-corrected chi connectivity index (χ1v) is 6.82. The molecule has 1 heterocycles. The Hall–Kier alpha value is -1.33. The first-order chi connectivity index (χ1) is 8.63. The zero-order valence-electron chi connectivity index (χ0n) is 10.5. The van der Waals surface area contributed by atoms with Gasteiger partial charge in [-0.15, -0.1) is 11.8 Å². The van der Waals surface area contributed by atoms with Gasteiger partial charge in [0.25, 0.3) is 0 Å². The summed E-state index contributed by atoms with van der Waals surface area (Å²) in [5, 5.41) is 3.01. The number of anilines is 1. The predicted molar refractivity (Wildman–Crippen MR) is 73.0 cm³/mol. The molecule has 4 nitrogen and oxygen atoms in total. The molecule has 0 aromatic heterocycles. The fourth-order valence-electron chi connectivity index (χ4n) is 1.95. The Morgan fingerprint density at radius 2 is 2.22 bits per heavy atom. The number of ketones is 1. The molecule has 18 heavy (non-hydrogen) atoms. The van der Waals surface area contributed by atoms with Crippen molar-refractivity contribution < 1.29 is 9.59 Å². The quantitative estimate of drug-likeness (QED) is 0.894.